The molecule has 0 atom stereocenters. The fourth-order valence-corrected chi connectivity index (χ4v) is 0.626. The van der Waals surface area contributed by atoms with Gasteiger partial charge in [-0.1, -0.05) is 0 Å². The Bertz CT molecular complexity index is 280. The number of nitrogens with one attached hydrogen (secondary N) is 1. The highest BCUT2D eigenvalue weighted by Crippen LogP contribution is 2.07. The fourth-order valence-electron chi connectivity index (χ4n) is 0.626. The Balaban J connectivity index is 2.58. The summed E-state index contributed by atoms with van der Waals surface area (Å²) in [6, 6.07) is 1.65. The molecule has 0 unspecified atom stereocenters. The van der Waals surface area contributed by atoms with E-state index in [0.29, 0.717) is 5.88 Å². The van der Waals surface area contributed by atoms with Gasteiger partial charge in [-0.3, -0.25) is 5.10 Å². The van der Waals surface area contributed by atoms with Gasteiger partial charge in [0.1, 0.15) is 0 Å². The van der Waals surface area contributed by atoms with Crippen molar-refractivity contribution in [1.82, 2.24) is 15.1 Å². The van der Waals surface area contributed by atoms with E-state index in [1.54, 1.807) is 20.2 Å². The summed E-state index contributed by atoms with van der Waals surface area (Å²) in [4.78, 5) is 12.3. The molecule has 5 nitrogen and oxygen atoms in total. The van der Waals surface area contributed by atoms with Crippen LogP contribution in [0.15, 0.2) is 6.07 Å². The fraction of sp³-hybridized carbons (Fsp3) is 0.429. The lowest BCUT2D eigenvalue weighted by Crippen LogP contribution is -2.25. The molecule has 0 spiro atoms. The summed E-state index contributed by atoms with van der Waals surface area (Å²) in [5, 5.41) is 6.41. The zero-order valence-electron chi connectivity index (χ0n) is 7.29. The maximum Gasteiger partial charge on any atom is 0.416 e. The average Bonchev–Trinajstić information content (AvgIpc) is 2.35. The van der Waals surface area contributed by atoms with E-state index in [1.807, 2.05) is 6.92 Å². The molecule has 1 amide bonds. The second-order valence-electron chi connectivity index (χ2n) is 2.65. The molecule has 12 heavy (non-hydrogen) atoms. The van der Waals surface area contributed by atoms with Crippen molar-refractivity contribution in [1.29, 1.82) is 0 Å². The van der Waals surface area contributed by atoms with Gasteiger partial charge in [-0.25, -0.2) is 4.79 Å². The van der Waals surface area contributed by atoms with Crippen LogP contribution in [0, 0.1) is 6.92 Å². The van der Waals surface area contributed by atoms with Crippen molar-refractivity contribution in [3.8, 4) is 5.88 Å². The number of ether oxygens (including phenoxy) is 1. The van der Waals surface area contributed by atoms with Gasteiger partial charge in [0.25, 0.3) is 0 Å². The zero-order chi connectivity index (χ0) is 9.14. The number of hydrogen-bond acceptors (Lipinski definition) is 3. The first kappa shape index (κ1) is 8.58. The molecule has 1 rings (SSSR count). The molecule has 0 radical (unpaired) electrons. The zero-order valence-corrected chi connectivity index (χ0v) is 7.29. The Hall–Kier alpha value is -1.52. The van der Waals surface area contributed by atoms with E-state index in [1.165, 1.54) is 4.90 Å². The maximum absolute atomic E-state index is 11.0. The summed E-state index contributed by atoms with van der Waals surface area (Å²) < 4.78 is 4.84. The molecule has 1 aromatic rings. The van der Waals surface area contributed by atoms with Crippen molar-refractivity contribution < 1.29 is 9.53 Å². The Morgan fingerprint density at radius 1 is 1.67 bits per heavy atom. The number of hydrogen-bond donors (Lipinski definition) is 1. The molecule has 1 heterocycles. The molecule has 0 aliphatic heterocycles. The highest BCUT2D eigenvalue weighted by Gasteiger charge is 2.07. The summed E-state index contributed by atoms with van der Waals surface area (Å²) in [5.41, 5.74) is 0.858. The molecule has 5 heteroatoms. The van der Waals surface area contributed by atoms with Crippen LogP contribution < -0.4 is 4.74 Å². The molecule has 0 saturated carbocycles. The van der Waals surface area contributed by atoms with Crippen LogP contribution in [0.2, 0.25) is 0 Å². The normalized spacial score (nSPS) is 9.58. The van der Waals surface area contributed by atoms with Crippen molar-refractivity contribution in [3.05, 3.63) is 11.8 Å². The van der Waals surface area contributed by atoms with Crippen LogP contribution >= 0.6 is 0 Å². The molecule has 0 fully saturated rings. The lowest BCUT2D eigenvalue weighted by atomic mass is 10.5. The van der Waals surface area contributed by atoms with E-state index in [2.05, 4.69) is 10.2 Å². The Labute approximate surface area is 70.3 Å². The quantitative estimate of drug-likeness (QED) is 0.675. The van der Waals surface area contributed by atoms with E-state index < -0.39 is 6.09 Å². The van der Waals surface area contributed by atoms with Gasteiger partial charge in [0, 0.05) is 25.9 Å². The number of amides is 1. The van der Waals surface area contributed by atoms with Crippen LogP contribution in [0.3, 0.4) is 0 Å². The minimum absolute atomic E-state index is 0.297. The smallest absolute Gasteiger partial charge is 0.389 e. The first-order chi connectivity index (χ1) is 5.59. The molecule has 66 valence electrons. The molecule has 1 aromatic heterocycles. The van der Waals surface area contributed by atoms with E-state index in [4.69, 9.17) is 4.74 Å². The molecule has 0 aromatic carbocycles. The summed E-state index contributed by atoms with van der Waals surface area (Å²) in [5.74, 6) is 0.297. The van der Waals surface area contributed by atoms with Crippen molar-refractivity contribution in [2.75, 3.05) is 14.1 Å². The number of carbonyl (C=O) groups is 1. The molecule has 1 N–H and O–H groups in total. The van der Waals surface area contributed by atoms with Gasteiger partial charge in [0.15, 0.2) is 0 Å². The van der Waals surface area contributed by atoms with Crippen LogP contribution in [0.4, 0.5) is 4.79 Å². The van der Waals surface area contributed by atoms with Crippen molar-refractivity contribution >= 4 is 6.09 Å². The lowest BCUT2D eigenvalue weighted by Gasteiger charge is -2.07. The number of nitrogens with zero attached hydrogens (tertiary/aromatic N) is 2. The Kier molecular flexibility index (Phi) is 2.32. The summed E-state index contributed by atoms with van der Waals surface area (Å²) in [7, 11) is 3.23. The average molecular weight is 169 g/mol. The summed E-state index contributed by atoms with van der Waals surface area (Å²) in [6.07, 6.45) is -0.429. The predicted octanol–water partition coefficient (Wildman–Crippen LogP) is 0.779. The van der Waals surface area contributed by atoms with Gasteiger partial charge in [0.05, 0.1) is 0 Å². The minimum atomic E-state index is -0.429. The van der Waals surface area contributed by atoms with Crippen molar-refractivity contribution in [3.63, 3.8) is 0 Å². The lowest BCUT2D eigenvalue weighted by molar-refractivity contribution is 0.170. The number of rotatable bonds is 1. The highest BCUT2D eigenvalue weighted by molar-refractivity contribution is 5.69. The van der Waals surface area contributed by atoms with Crippen molar-refractivity contribution in [2.24, 2.45) is 0 Å². The number of carbonyl (C=O) groups excluding carboxylic acids is 1. The van der Waals surface area contributed by atoms with E-state index in [9.17, 15) is 4.79 Å². The second-order valence-corrected chi connectivity index (χ2v) is 2.65. The first-order valence-corrected chi connectivity index (χ1v) is 3.50. The van der Waals surface area contributed by atoms with Crippen molar-refractivity contribution in [2.45, 2.75) is 6.92 Å². The third-order valence-electron chi connectivity index (χ3n) is 1.24. The molecule has 0 bridgehead atoms. The van der Waals surface area contributed by atoms with E-state index in [0.717, 1.165) is 5.69 Å². The van der Waals surface area contributed by atoms with E-state index in [-0.39, 0.29) is 0 Å². The Morgan fingerprint density at radius 3 is 2.75 bits per heavy atom. The molecule has 0 aliphatic rings. The highest BCUT2D eigenvalue weighted by atomic mass is 16.6. The van der Waals surface area contributed by atoms with Crippen LogP contribution in [0.5, 0.6) is 5.88 Å². The largest absolute Gasteiger partial charge is 0.416 e. The second kappa shape index (κ2) is 3.25. The third-order valence-corrected chi connectivity index (χ3v) is 1.24. The molecular weight excluding hydrogens is 158 g/mol. The monoisotopic (exact) mass is 169 g/mol. The molecule has 0 saturated heterocycles. The Morgan fingerprint density at radius 2 is 2.33 bits per heavy atom. The van der Waals surface area contributed by atoms with Crippen LogP contribution in [-0.2, 0) is 0 Å². The summed E-state index contributed by atoms with van der Waals surface area (Å²) >= 11 is 0. The summed E-state index contributed by atoms with van der Waals surface area (Å²) in [6.45, 7) is 1.83. The number of H-pyrrole nitrogens is 1. The third kappa shape index (κ3) is 1.98. The van der Waals surface area contributed by atoms with Crippen LogP contribution in [0.25, 0.3) is 0 Å². The SMILES string of the molecule is Cc1cc(OC(=O)N(C)C)n[nH]1. The molecule has 0 aliphatic carbocycles. The minimum Gasteiger partial charge on any atom is -0.389 e. The topological polar surface area (TPSA) is 58.2 Å². The number of aryl methyl sites for hydroxylation is 1. The predicted molar refractivity (Wildman–Crippen MR) is 43.0 cm³/mol. The van der Waals surface area contributed by atoms with Crippen LogP contribution in [-0.4, -0.2) is 35.3 Å². The standard InChI is InChI=1S/C7H11N3O2/c1-5-4-6(9-8-5)12-7(11)10(2)3/h4H,1-3H3,(H,8,9). The molecular formula is C7H11N3O2. The van der Waals surface area contributed by atoms with Gasteiger partial charge >= 0.3 is 6.09 Å². The van der Waals surface area contributed by atoms with Gasteiger partial charge in [0.2, 0.25) is 5.88 Å². The van der Waals surface area contributed by atoms with Gasteiger partial charge in [-0.05, 0) is 6.92 Å². The van der Waals surface area contributed by atoms with Gasteiger partial charge in [-0.2, -0.15) is 0 Å². The van der Waals surface area contributed by atoms with Gasteiger partial charge < -0.3 is 9.64 Å². The number of aromatic nitrogens is 2. The van der Waals surface area contributed by atoms with Gasteiger partial charge in [-0.15, -0.1) is 5.10 Å². The van der Waals surface area contributed by atoms with E-state index >= 15 is 0 Å². The maximum atomic E-state index is 11.0. The number of aromatic amines is 1. The first-order valence-electron chi connectivity index (χ1n) is 3.50. The van der Waals surface area contributed by atoms with Crippen LogP contribution in [0.1, 0.15) is 5.69 Å².